The third-order valence-electron chi connectivity index (χ3n) is 5.60. The van der Waals surface area contributed by atoms with E-state index in [1.807, 2.05) is 35.2 Å². The topological polar surface area (TPSA) is 74.3 Å². The zero-order valence-electron chi connectivity index (χ0n) is 16.3. The van der Waals surface area contributed by atoms with Crippen molar-refractivity contribution < 1.29 is 9.59 Å². The summed E-state index contributed by atoms with van der Waals surface area (Å²) in [7, 11) is 0. The number of carbonyl (C=O) groups excluding carboxylic acids is 2. The van der Waals surface area contributed by atoms with E-state index >= 15 is 0 Å². The summed E-state index contributed by atoms with van der Waals surface area (Å²) in [6.45, 7) is 3.04. The van der Waals surface area contributed by atoms with E-state index in [0.717, 1.165) is 49.7 Å². The highest BCUT2D eigenvalue weighted by Crippen LogP contribution is 2.20. The SMILES string of the molecule is Cl.Cl.O=C(NCC1CCCN(C(=O)c2ccc3ncccc3c2)C1)C1CCCN1. The Hall–Kier alpha value is -1.89. The standard InChI is InChI=1S/C21H26N4O2.2ClH/c26-20(19-6-2-10-23-19)24-13-15-4-3-11-25(14-15)21(27)17-7-8-18-16(12-17)5-1-9-22-18;;/h1,5,7-9,12,15,19,23H,2-4,6,10-11,13-14H2,(H,24,26);2*1H. The summed E-state index contributed by atoms with van der Waals surface area (Å²) in [5.74, 6) is 0.474. The molecule has 158 valence electrons. The van der Waals surface area contributed by atoms with Crippen molar-refractivity contribution >= 4 is 47.5 Å². The zero-order chi connectivity index (χ0) is 18.6. The molecule has 8 heteroatoms. The van der Waals surface area contributed by atoms with Gasteiger partial charge in [-0.1, -0.05) is 6.07 Å². The fourth-order valence-corrected chi connectivity index (χ4v) is 4.08. The van der Waals surface area contributed by atoms with Crippen molar-refractivity contribution in [1.82, 2.24) is 20.5 Å². The molecule has 0 aliphatic carbocycles. The van der Waals surface area contributed by atoms with Crippen LogP contribution in [0.1, 0.15) is 36.0 Å². The first-order chi connectivity index (χ1) is 13.2. The van der Waals surface area contributed by atoms with E-state index in [-0.39, 0.29) is 42.7 Å². The van der Waals surface area contributed by atoms with Crippen molar-refractivity contribution in [2.75, 3.05) is 26.2 Å². The molecule has 2 fully saturated rings. The van der Waals surface area contributed by atoms with Gasteiger partial charge in [-0.25, -0.2) is 0 Å². The van der Waals surface area contributed by atoms with Crippen LogP contribution in [-0.4, -0.2) is 53.9 Å². The number of hydrogen-bond donors (Lipinski definition) is 2. The van der Waals surface area contributed by atoms with Crippen molar-refractivity contribution in [2.24, 2.45) is 5.92 Å². The van der Waals surface area contributed by atoms with Crippen LogP contribution >= 0.6 is 24.8 Å². The number of nitrogens with one attached hydrogen (secondary N) is 2. The Bertz CT molecular complexity index is 842. The molecule has 3 heterocycles. The van der Waals surface area contributed by atoms with Gasteiger partial charge < -0.3 is 15.5 Å². The monoisotopic (exact) mass is 438 g/mol. The minimum Gasteiger partial charge on any atom is -0.354 e. The highest BCUT2D eigenvalue weighted by Gasteiger charge is 2.27. The molecule has 6 nitrogen and oxygen atoms in total. The van der Waals surface area contributed by atoms with Gasteiger partial charge in [0.1, 0.15) is 0 Å². The number of rotatable bonds is 4. The molecule has 0 saturated carbocycles. The van der Waals surface area contributed by atoms with Crippen LogP contribution in [0.5, 0.6) is 0 Å². The first-order valence-electron chi connectivity index (χ1n) is 9.86. The molecule has 2 amide bonds. The molecule has 2 unspecified atom stereocenters. The van der Waals surface area contributed by atoms with E-state index in [4.69, 9.17) is 0 Å². The Morgan fingerprint density at radius 3 is 2.83 bits per heavy atom. The largest absolute Gasteiger partial charge is 0.354 e. The van der Waals surface area contributed by atoms with Crippen molar-refractivity contribution in [3.05, 3.63) is 42.1 Å². The Labute approximate surface area is 183 Å². The predicted molar refractivity (Wildman–Crippen MR) is 119 cm³/mol. The minimum absolute atomic E-state index is 0. The number of amides is 2. The van der Waals surface area contributed by atoms with Crippen LogP contribution in [0.2, 0.25) is 0 Å². The number of piperidine rings is 1. The maximum atomic E-state index is 12.9. The average Bonchev–Trinajstić information content (AvgIpc) is 3.26. The van der Waals surface area contributed by atoms with Crippen LogP contribution in [0, 0.1) is 5.92 Å². The maximum Gasteiger partial charge on any atom is 0.253 e. The molecular formula is C21H28Cl2N4O2. The van der Waals surface area contributed by atoms with E-state index in [1.54, 1.807) is 6.20 Å². The zero-order valence-corrected chi connectivity index (χ0v) is 17.9. The van der Waals surface area contributed by atoms with Crippen molar-refractivity contribution in [1.29, 1.82) is 0 Å². The molecule has 2 N–H and O–H groups in total. The van der Waals surface area contributed by atoms with Crippen LogP contribution in [0.4, 0.5) is 0 Å². The molecule has 0 radical (unpaired) electrons. The summed E-state index contributed by atoms with van der Waals surface area (Å²) < 4.78 is 0. The second kappa shape index (κ2) is 10.8. The number of pyridine rings is 1. The van der Waals surface area contributed by atoms with Crippen LogP contribution < -0.4 is 10.6 Å². The lowest BCUT2D eigenvalue weighted by atomic mass is 9.97. The fraction of sp³-hybridized carbons (Fsp3) is 0.476. The summed E-state index contributed by atoms with van der Waals surface area (Å²) in [6.07, 6.45) is 5.75. The maximum absolute atomic E-state index is 12.9. The Morgan fingerprint density at radius 1 is 1.17 bits per heavy atom. The second-order valence-electron chi connectivity index (χ2n) is 7.56. The van der Waals surface area contributed by atoms with Gasteiger partial charge in [-0.05, 0) is 62.4 Å². The van der Waals surface area contributed by atoms with Gasteiger partial charge in [0, 0.05) is 36.8 Å². The third kappa shape index (κ3) is 5.59. The molecule has 1 aromatic carbocycles. The summed E-state index contributed by atoms with van der Waals surface area (Å²) in [6, 6.07) is 9.49. The lowest BCUT2D eigenvalue weighted by molar-refractivity contribution is -0.123. The van der Waals surface area contributed by atoms with Gasteiger partial charge in [0.05, 0.1) is 11.6 Å². The number of benzene rings is 1. The molecule has 2 aliphatic heterocycles. The predicted octanol–water partition coefficient (Wildman–Crippen LogP) is 2.80. The Balaban J connectivity index is 0.00000150. The number of halogens is 2. The second-order valence-corrected chi connectivity index (χ2v) is 7.56. The van der Waals surface area contributed by atoms with Crippen molar-refractivity contribution in [3.63, 3.8) is 0 Å². The van der Waals surface area contributed by atoms with Crippen molar-refractivity contribution in [3.8, 4) is 0 Å². The van der Waals surface area contributed by atoms with E-state index in [0.29, 0.717) is 24.6 Å². The number of fused-ring (bicyclic) bond motifs is 1. The third-order valence-corrected chi connectivity index (χ3v) is 5.60. The molecule has 2 atom stereocenters. The van der Waals surface area contributed by atoms with Gasteiger partial charge in [-0.3, -0.25) is 14.6 Å². The first kappa shape index (κ1) is 23.4. The minimum atomic E-state index is -0.0439. The van der Waals surface area contributed by atoms with Gasteiger partial charge in [0.15, 0.2) is 0 Å². The van der Waals surface area contributed by atoms with E-state index < -0.39 is 0 Å². The number of carbonyl (C=O) groups is 2. The summed E-state index contributed by atoms with van der Waals surface area (Å²) in [5.41, 5.74) is 1.60. The van der Waals surface area contributed by atoms with Crippen LogP contribution in [0.15, 0.2) is 36.5 Å². The first-order valence-corrected chi connectivity index (χ1v) is 9.86. The number of likely N-dealkylation sites (tertiary alicyclic amines) is 1. The van der Waals surface area contributed by atoms with E-state index in [2.05, 4.69) is 15.6 Å². The van der Waals surface area contributed by atoms with E-state index in [1.165, 1.54) is 0 Å². The van der Waals surface area contributed by atoms with Gasteiger partial charge in [0.2, 0.25) is 5.91 Å². The molecule has 29 heavy (non-hydrogen) atoms. The fourth-order valence-electron chi connectivity index (χ4n) is 4.08. The smallest absolute Gasteiger partial charge is 0.253 e. The Kier molecular flexibility index (Phi) is 8.68. The highest BCUT2D eigenvalue weighted by molar-refractivity contribution is 5.98. The number of hydrogen-bond acceptors (Lipinski definition) is 4. The van der Waals surface area contributed by atoms with E-state index in [9.17, 15) is 9.59 Å². The summed E-state index contributed by atoms with van der Waals surface area (Å²) >= 11 is 0. The highest BCUT2D eigenvalue weighted by atomic mass is 35.5. The molecule has 0 bridgehead atoms. The number of aromatic nitrogens is 1. The van der Waals surface area contributed by atoms with Gasteiger partial charge >= 0.3 is 0 Å². The summed E-state index contributed by atoms with van der Waals surface area (Å²) in [5, 5.41) is 7.28. The average molecular weight is 439 g/mol. The van der Waals surface area contributed by atoms with Gasteiger partial charge in [0.25, 0.3) is 5.91 Å². The van der Waals surface area contributed by atoms with Crippen LogP contribution in [-0.2, 0) is 4.79 Å². The molecule has 2 aliphatic rings. The lowest BCUT2D eigenvalue weighted by Crippen LogP contribution is -2.46. The Morgan fingerprint density at radius 2 is 2.03 bits per heavy atom. The van der Waals surface area contributed by atoms with Crippen LogP contribution in [0.25, 0.3) is 10.9 Å². The molecule has 1 aromatic heterocycles. The van der Waals surface area contributed by atoms with Gasteiger partial charge in [-0.15, -0.1) is 24.8 Å². The van der Waals surface area contributed by atoms with Gasteiger partial charge in [-0.2, -0.15) is 0 Å². The number of nitrogens with zero attached hydrogens (tertiary/aromatic N) is 2. The molecule has 0 spiro atoms. The lowest BCUT2D eigenvalue weighted by Gasteiger charge is -2.33. The molecular weight excluding hydrogens is 411 g/mol. The van der Waals surface area contributed by atoms with Crippen molar-refractivity contribution in [2.45, 2.75) is 31.7 Å². The molecule has 2 aromatic rings. The molecule has 4 rings (SSSR count). The summed E-state index contributed by atoms with van der Waals surface area (Å²) in [4.78, 5) is 31.4. The van der Waals surface area contributed by atoms with Crippen LogP contribution in [0.3, 0.4) is 0 Å². The molecule has 2 saturated heterocycles. The quantitative estimate of drug-likeness (QED) is 0.769. The normalized spacial score (nSPS) is 21.2.